The molecule has 70 valence electrons. The Bertz CT molecular complexity index is 176. The third-order valence-electron chi connectivity index (χ3n) is 1.94. The highest BCUT2D eigenvalue weighted by Gasteiger charge is 2.33. The van der Waals surface area contributed by atoms with E-state index in [1.54, 1.807) is 27.5 Å². The zero-order chi connectivity index (χ0) is 9.19. The van der Waals surface area contributed by atoms with Crippen molar-refractivity contribution in [1.29, 1.82) is 0 Å². The van der Waals surface area contributed by atoms with E-state index in [1.165, 1.54) is 0 Å². The SMILES string of the molecule is O=C(I)CN1CCC(F)(F)CC1. The summed E-state index contributed by atoms with van der Waals surface area (Å²) < 4.78 is 25.2. The number of piperidine rings is 1. The van der Waals surface area contributed by atoms with E-state index in [4.69, 9.17) is 0 Å². The van der Waals surface area contributed by atoms with Crippen LogP contribution in [-0.2, 0) is 4.79 Å². The highest BCUT2D eigenvalue weighted by molar-refractivity contribution is 14.1. The molecular weight excluding hydrogens is 279 g/mol. The summed E-state index contributed by atoms with van der Waals surface area (Å²) in [6.45, 7) is 0.972. The second-order valence-corrected chi connectivity index (χ2v) is 4.19. The van der Waals surface area contributed by atoms with Crippen molar-refractivity contribution in [3.63, 3.8) is 0 Å². The van der Waals surface area contributed by atoms with Crippen LogP contribution in [0, 0.1) is 0 Å². The Balaban J connectivity index is 2.31. The molecule has 2 nitrogen and oxygen atoms in total. The molecule has 0 aromatic heterocycles. The first-order chi connectivity index (χ1) is 5.49. The van der Waals surface area contributed by atoms with Gasteiger partial charge in [0.2, 0.25) is 3.79 Å². The lowest BCUT2D eigenvalue weighted by atomic mass is 10.1. The Labute approximate surface area is 83.4 Å². The molecular formula is C7H10F2INO. The number of halogens is 3. The number of likely N-dealkylation sites (tertiary alicyclic amines) is 1. The van der Waals surface area contributed by atoms with E-state index in [2.05, 4.69) is 0 Å². The Kier molecular flexibility index (Phi) is 3.39. The maximum absolute atomic E-state index is 12.6. The number of carbonyl (C=O) groups excluding carboxylic acids is 1. The van der Waals surface area contributed by atoms with Gasteiger partial charge in [-0.05, 0) is 0 Å². The molecule has 1 saturated heterocycles. The average Bonchev–Trinajstić information content (AvgIpc) is 1.93. The van der Waals surface area contributed by atoms with Gasteiger partial charge in [0.25, 0.3) is 5.92 Å². The summed E-state index contributed by atoms with van der Waals surface area (Å²) in [5, 5.41) is 0. The standard InChI is InChI=1S/C7H10F2INO/c8-7(9)1-3-11(4-2-7)5-6(10)12/h1-5H2. The zero-order valence-electron chi connectivity index (χ0n) is 6.52. The van der Waals surface area contributed by atoms with Crippen LogP contribution in [0.3, 0.4) is 0 Å². The van der Waals surface area contributed by atoms with Gasteiger partial charge in [0.1, 0.15) is 0 Å². The summed E-state index contributed by atoms with van der Waals surface area (Å²) in [5.74, 6) is -2.51. The normalized spacial score (nSPS) is 23.9. The summed E-state index contributed by atoms with van der Waals surface area (Å²) >= 11 is 1.69. The molecule has 0 unspecified atom stereocenters. The lowest BCUT2D eigenvalue weighted by molar-refractivity contribution is -0.112. The molecule has 0 radical (unpaired) electrons. The Morgan fingerprint density at radius 3 is 2.33 bits per heavy atom. The van der Waals surface area contributed by atoms with Gasteiger partial charge in [-0.25, -0.2) is 8.78 Å². The zero-order valence-corrected chi connectivity index (χ0v) is 8.68. The van der Waals surface area contributed by atoms with E-state index < -0.39 is 5.92 Å². The van der Waals surface area contributed by atoms with Gasteiger partial charge in [-0.3, -0.25) is 9.69 Å². The quantitative estimate of drug-likeness (QED) is 0.569. The van der Waals surface area contributed by atoms with E-state index in [0.29, 0.717) is 19.6 Å². The summed E-state index contributed by atoms with van der Waals surface area (Å²) in [5.41, 5.74) is 0. The third kappa shape index (κ3) is 3.30. The summed E-state index contributed by atoms with van der Waals surface area (Å²) in [6, 6.07) is 0. The van der Waals surface area contributed by atoms with Crippen LogP contribution in [0.5, 0.6) is 0 Å². The van der Waals surface area contributed by atoms with Crippen LogP contribution in [0.25, 0.3) is 0 Å². The molecule has 5 heteroatoms. The van der Waals surface area contributed by atoms with Gasteiger partial charge in [-0.2, -0.15) is 0 Å². The fourth-order valence-electron chi connectivity index (χ4n) is 1.21. The van der Waals surface area contributed by atoms with E-state index in [9.17, 15) is 13.6 Å². The van der Waals surface area contributed by atoms with Crippen molar-refractivity contribution in [1.82, 2.24) is 4.90 Å². The van der Waals surface area contributed by atoms with Crippen molar-refractivity contribution in [2.45, 2.75) is 18.8 Å². The Morgan fingerprint density at radius 2 is 1.92 bits per heavy atom. The Morgan fingerprint density at radius 1 is 1.42 bits per heavy atom. The molecule has 0 aliphatic carbocycles. The second-order valence-electron chi connectivity index (χ2n) is 2.99. The number of carbonyl (C=O) groups is 1. The summed E-state index contributed by atoms with van der Waals surface area (Å²) in [6.07, 6.45) is -0.228. The lowest BCUT2D eigenvalue weighted by Gasteiger charge is -2.30. The van der Waals surface area contributed by atoms with Gasteiger partial charge in [-0.1, -0.05) is 0 Å². The van der Waals surface area contributed by atoms with Crippen LogP contribution in [0.2, 0.25) is 0 Å². The molecule has 1 fully saturated rings. The molecule has 1 rings (SSSR count). The molecule has 0 atom stereocenters. The highest BCUT2D eigenvalue weighted by Crippen LogP contribution is 2.27. The molecule has 1 aliphatic rings. The van der Waals surface area contributed by atoms with E-state index in [-0.39, 0.29) is 16.6 Å². The van der Waals surface area contributed by atoms with Gasteiger partial charge in [0, 0.05) is 48.5 Å². The van der Waals surface area contributed by atoms with Crippen LogP contribution in [0.1, 0.15) is 12.8 Å². The summed E-state index contributed by atoms with van der Waals surface area (Å²) in [7, 11) is 0. The predicted octanol–water partition coefficient (Wildman–Crippen LogP) is 1.68. The number of rotatable bonds is 2. The minimum absolute atomic E-state index is 0.0119. The molecule has 0 N–H and O–H groups in total. The van der Waals surface area contributed by atoms with Gasteiger partial charge < -0.3 is 0 Å². The number of nitrogens with zero attached hydrogens (tertiary/aromatic N) is 1. The Hall–Kier alpha value is 0.220. The fourth-order valence-corrected chi connectivity index (χ4v) is 1.70. The number of hydrogen-bond donors (Lipinski definition) is 0. The van der Waals surface area contributed by atoms with E-state index >= 15 is 0 Å². The van der Waals surface area contributed by atoms with Crippen molar-refractivity contribution in [3.05, 3.63) is 0 Å². The first-order valence-electron chi connectivity index (χ1n) is 3.78. The van der Waals surface area contributed by atoms with Crippen LogP contribution in [-0.4, -0.2) is 34.2 Å². The van der Waals surface area contributed by atoms with Crippen LogP contribution < -0.4 is 0 Å². The number of hydrogen-bond acceptors (Lipinski definition) is 2. The first kappa shape index (κ1) is 10.3. The van der Waals surface area contributed by atoms with Gasteiger partial charge in [0.05, 0.1) is 6.54 Å². The third-order valence-corrected chi connectivity index (χ3v) is 2.28. The van der Waals surface area contributed by atoms with E-state index in [1.807, 2.05) is 0 Å². The summed E-state index contributed by atoms with van der Waals surface area (Å²) in [4.78, 5) is 12.4. The maximum atomic E-state index is 12.6. The minimum atomic E-state index is -2.51. The molecule has 0 aromatic carbocycles. The van der Waals surface area contributed by atoms with Crippen molar-refractivity contribution in [2.75, 3.05) is 19.6 Å². The molecule has 1 heterocycles. The van der Waals surface area contributed by atoms with Gasteiger partial charge in [-0.15, -0.1) is 0 Å². The second kappa shape index (κ2) is 3.95. The average molecular weight is 289 g/mol. The van der Waals surface area contributed by atoms with Crippen LogP contribution >= 0.6 is 22.6 Å². The predicted molar refractivity (Wildman–Crippen MR) is 49.6 cm³/mol. The van der Waals surface area contributed by atoms with Gasteiger partial charge >= 0.3 is 0 Å². The monoisotopic (exact) mass is 289 g/mol. The topological polar surface area (TPSA) is 20.3 Å². The minimum Gasteiger partial charge on any atom is -0.295 e. The van der Waals surface area contributed by atoms with Crippen molar-refractivity contribution in [2.24, 2.45) is 0 Å². The highest BCUT2D eigenvalue weighted by atomic mass is 127. The molecule has 0 saturated carbocycles. The van der Waals surface area contributed by atoms with Crippen molar-refractivity contribution >= 4 is 26.4 Å². The van der Waals surface area contributed by atoms with E-state index in [0.717, 1.165) is 0 Å². The molecule has 12 heavy (non-hydrogen) atoms. The number of alkyl halides is 2. The molecule has 0 spiro atoms. The largest absolute Gasteiger partial charge is 0.295 e. The molecule has 1 aliphatic heterocycles. The van der Waals surface area contributed by atoms with Crippen LogP contribution in [0.4, 0.5) is 8.78 Å². The molecule has 0 bridgehead atoms. The van der Waals surface area contributed by atoms with Gasteiger partial charge in [0.15, 0.2) is 0 Å². The van der Waals surface area contributed by atoms with Crippen LogP contribution in [0.15, 0.2) is 0 Å². The smallest absolute Gasteiger partial charge is 0.250 e. The maximum Gasteiger partial charge on any atom is 0.250 e. The molecule has 0 amide bonds. The fraction of sp³-hybridized carbons (Fsp3) is 0.857. The van der Waals surface area contributed by atoms with Crippen molar-refractivity contribution < 1.29 is 13.6 Å². The first-order valence-corrected chi connectivity index (χ1v) is 4.86. The van der Waals surface area contributed by atoms with Crippen molar-refractivity contribution in [3.8, 4) is 0 Å². The lowest BCUT2D eigenvalue weighted by Crippen LogP contribution is -2.40. The molecule has 0 aromatic rings.